The van der Waals surface area contributed by atoms with Gasteiger partial charge in [-0.25, -0.2) is 0 Å². The monoisotopic (exact) mass is 148 g/mol. The normalized spacial score (nSPS) is 17.9. The van der Waals surface area contributed by atoms with Crippen LogP contribution in [-0.4, -0.2) is 19.0 Å². The average Bonchev–Trinajstić information content (AvgIpc) is 2.09. The van der Waals surface area contributed by atoms with Crippen LogP contribution in [0.15, 0.2) is 34.4 Å². The standard InChI is InChI=1S/C9H12N2/c1-3-8(10-2)9-6-4-5-7-11-9/h3,6-7H,1,4-5H2,2H3/b10-8+. The summed E-state index contributed by atoms with van der Waals surface area (Å²) in [7, 11) is 1.75. The van der Waals surface area contributed by atoms with Crippen LogP contribution in [0.5, 0.6) is 0 Å². The zero-order valence-electron chi connectivity index (χ0n) is 6.75. The third-order valence-electron chi connectivity index (χ3n) is 1.56. The van der Waals surface area contributed by atoms with Crippen molar-refractivity contribution in [3.8, 4) is 0 Å². The van der Waals surface area contributed by atoms with Crippen LogP contribution in [0.1, 0.15) is 12.8 Å². The Bertz CT molecular complexity index is 234. The lowest BCUT2D eigenvalue weighted by Crippen LogP contribution is -1.99. The van der Waals surface area contributed by atoms with E-state index in [1.165, 1.54) is 0 Å². The van der Waals surface area contributed by atoms with E-state index in [0.29, 0.717) is 0 Å². The fourth-order valence-electron chi connectivity index (χ4n) is 0.991. The van der Waals surface area contributed by atoms with Crippen molar-refractivity contribution in [3.63, 3.8) is 0 Å². The summed E-state index contributed by atoms with van der Waals surface area (Å²) in [5.41, 5.74) is 1.83. The molecular formula is C9H12N2. The first-order chi connectivity index (χ1) is 5.38. The molecule has 0 N–H and O–H groups in total. The Hall–Kier alpha value is -1.18. The van der Waals surface area contributed by atoms with E-state index < -0.39 is 0 Å². The SMILES string of the molecule is C=C/C(=N\C)C1=CCCC=N1. The Kier molecular flexibility index (Phi) is 2.78. The van der Waals surface area contributed by atoms with Crippen LogP contribution < -0.4 is 0 Å². The Balaban J connectivity index is 2.80. The Morgan fingerprint density at radius 1 is 1.73 bits per heavy atom. The second-order valence-electron chi connectivity index (χ2n) is 2.29. The van der Waals surface area contributed by atoms with Crippen LogP contribution >= 0.6 is 0 Å². The summed E-state index contributed by atoms with van der Waals surface area (Å²) in [5.74, 6) is 0. The lowest BCUT2D eigenvalue weighted by molar-refractivity contribution is 1.07. The van der Waals surface area contributed by atoms with E-state index in [1.54, 1.807) is 13.1 Å². The molecule has 2 nitrogen and oxygen atoms in total. The van der Waals surface area contributed by atoms with Crippen molar-refractivity contribution in [1.82, 2.24) is 0 Å². The van der Waals surface area contributed by atoms with E-state index in [1.807, 2.05) is 6.21 Å². The van der Waals surface area contributed by atoms with Gasteiger partial charge in [0.25, 0.3) is 0 Å². The fraction of sp³-hybridized carbons (Fsp3) is 0.333. The van der Waals surface area contributed by atoms with Crippen LogP contribution in [0, 0.1) is 0 Å². The molecule has 0 atom stereocenters. The zero-order chi connectivity index (χ0) is 8.10. The van der Waals surface area contributed by atoms with Gasteiger partial charge in [0, 0.05) is 13.3 Å². The number of aliphatic imine (C=N–C) groups is 2. The number of hydrogen-bond donors (Lipinski definition) is 0. The molecule has 0 radical (unpaired) electrons. The number of nitrogens with zero attached hydrogens (tertiary/aromatic N) is 2. The smallest absolute Gasteiger partial charge is 0.0837 e. The van der Waals surface area contributed by atoms with Gasteiger partial charge in [-0.2, -0.15) is 0 Å². The fourth-order valence-corrected chi connectivity index (χ4v) is 0.991. The second-order valence-corrected chi connectivity index (χ2v) is 2.29. The molecule has 0 bridgehead atoms. The first-order valence-electron chi connectivity index (χ1n) is 3.70. The lowest BCUT2D eigenvalue weighted by Gasteiger charge is -2.04. The molecule has 58 valence electrons. The highest BCUT2D eigenvalue weighted by Crippen LogP contribution is 2.08. The highest BCUT2D eigenvalue weighted by molar-refractivity contribution is 6.08. The van der Waals surface area contributed by atoms with Crippen molar-refractivity contribution in [2.45, 2.75) is 12.8 Å². The van der Waals surface area contributed by atoms with Crippen LogP contribution in [0.25, 0.3) is 0 Å². The summed E-state index contributed by atoms with van der Waals surface area (Å²) in [4.78, 5) is 8.25. The Morgan fingerprint density at radius 3 is 3.00 bits per heavy atom. The van der Waals surface area contributed by atoms with Gasteiger partial charge in [0.15, 0.2) is 0 Å². The molecule has 0 aliphatic carbocycles. The molecular weight excluding hydrogens is 136 g/mol. The number of hydrogen-bond acceptors (Lipinski definition) is 2. The summed E-state index contributed by atoms with van der Waals surface area (Å²) in [5, 5.41) is 0. The van der Waals surface area contributed by atoms with E-state index >= 15 is 0 Å². The molecule has 0 aromatic carbocycles. The van der Waals surface area contributed by atoms with Gasteiger partial charge in [0.05, 0.1) is 11.4 Å². The second kappa shape index (κ2) is 3.86. The van der Waals surface area contributed by atoms with E-state index in [0.717, 1.165) is 24.3 Å². The molecule has 0 unspecified atom stereocenters. The third-order valence-corrected chi connectivity index (χ3v) is 1.56. The molecule has 11 heavy (non-hydrogen) atoms. The van der Waals surface area contributed by atoms with E-state index in [9.17, 15) is 0 Å². The summed E-state index contributed by atoms with van der Waals surface area (Å²) >= 11 is 0. The van der Waals surface area contributed by atoms with Gasteiger partial charge in [-0.3, -0.25) is 9.98 Å². The quantitative estimate of drug-likeness (QED) is 0.535. The van der Waals surface area contributed by atoms with Gasteiger partial charge in [0.2, 0.25) is 0 Å². The molecule has 1 aliphatic rings. The highest BCUT2D eigenvalue weighted by Gasteiger charge is 2.01. The molecule has 0 saturated heterocycles. The van der Waals surface area contributed by atoms with E-state index in [-0.39, 0.29) is 0 Å². The molecule has 0 aromatic heterocycles. The maximum Gasteiger partial charge on any atom is 0.0837 e. The van der Waals surface area contributed by atoms with Gasteiger partial charge in [-0.1, -0.05) is 12.7 Å². The van der Waals surface area contributed by atoms with Crippen molar-refractivity contribution < 1.29 is 0 Å². The van der Waals surface area contributed by atoms with Gasteiger partial charge in [-0.05, 0) is 18.9 Å². The van der Waals surface area contributed by atoms with Crippen LogP contribution in [-0.2, 0) is 0 Å². The van der Waals surface area contributed by atoms with Gasteiger partial charge >= 0.3 is 0 Å². The average molecular weight is 148 g/mol. The number of allylic oxidation sites excluding steroid dienone is 2. The highest BCUT2D eigenvalue weighted by atomic mass is 14.8. The minimum atomic E-state index is 0.876. The molecule has 0 saturated carbocycles. The lowest BCUT2D eigenvalue weighted by atomic mass is 10.1. The molecule has 1 rings (SSSR count). The van der Waals surface area contributed by atoms with Gasteiger partial charge in [0.1, 0.15) is 0 Å². The van der Waals surface area contributed by atoms with Crippen molar-refractivity contribution >= 4 is 11.9 Å². The summed E-state index contributed by atoms with van der Waals surface area (Å²) in [6.45, 7) is 3.66. The molecule has 0 aromatic rings. The maximum atomic E-state index is 4.21. The van der Waals surface area contributed by atoms with Crippen LogP contribution in [0.3, 0.4) is 0 Å². The molecule has 0 amide bonds. The Labute approximate surface area is 67.1 Å². The largest absolute Gasteiger partial charge is 0.286 e. The van der Waals surface area contributed by atoms with Crippen LogP contribution in [0.2, 0.25) is 0 Å². The van der Waals surface area contributed by atoms with Crippen molar-refractivity contribution in [3.05, 3.63) is 24.4 Å². The van der Waals surface area contributed by atoms with Gasteiger partial charge in [-0.15, -0.1) is 0 Å². The molecule has 0 fully saturated rings. The first-order valence-corrected chi connectivity index (χ1v) is 3.70. The predicted octanol–water partition coefficient (Wildman–Crippen LogP) is 1.99. The van der Waals surface area contributed by atoms with Gasteiger partial charge < -0.3 is 0 Å². The third kappa shape index (κ3) is 1.87. The molecule has 0 spiro atoms. The van der Waals surface area contributed by atoms with Crippen molar-refractivity contribution in [2.75, 3.05) is 7.05 Å². The van der Waals surface area contributed by atoms with Crippen molar-refractivity contribution in [2.24, 2.45) is 9.98 Å². The minimum Gasteiger partial charge on any atom is -0.286 e. The predicted molar refractivity (Wildman–Crippen MR) is 49.4 cm³/mol. The maximum absolute atomic E-state index is 4.21. The summed E-state index contributed by atoms with van der Waals surface area (Å²) in [6, 6.07) is 0. The molecule has 1 heterocycles. The van der Waals surface area contributed by atoms with Crippen LogP contribution in [0.4, 0.5) is 0 Å². The van der Waals surface area contributed by atoms with E-state index in [2.05, 4.69) is 22.6 Å². The minimum absolute atomic E-state index is 0.876. The molecule has 1 aliphatic heterocycles. The molecule has 2 heteroatoms. The first kappa shape index (κ1) is 7.92. The summed E-state index contributed by atoms with van der Waals surface area (Å²) in [6.07, 6.45) is 7.84. The Morgan fingerprint density at radius 2 is 2.55 bits per heavy atom. The summed E-state index contributed by atoms with van der Waals surface area (Å²) < 4.78 is 0. The number of rotatable bonds is 2. The van der Waals surface area contributed by atoms with E-state index in [4.69, 9.17) is 0 Å². The van der Waals surface area contributed by atoms with Crippen molar-refractivity contribution in [1.29, 1.82) is 0 Å². The topological polar surface area (TPSA) is 24.7 Å². The zero-order valence-corrected chi connectivity index (χ0v) is 6.75.